The lowest BCUT2D eigenvalue weighted by Gasteiger charge is -2.08. The molecule has 66 valence electrons. The van der Waals surface area contributed by atoms with Crippen molar-refractivity contribution in [2.24, 2.45) is 0 Å². The second-order valence-corrected chi connectivity index (χ2v) is 4.02. The highest BCUT2D eigenvalue weighted by molar-refractivity contribution is 9.09. The Bertz CT molecular complexity index is 273. The Morgan fingerprint density at radius 1 is 1.50 bits per heavy atom. The number of aromatic nitrogens is 1. The van der Waals surface area contributed by atoms with Crippen molar-refractivity contribution in [3.8, 4) is 5.88 Å². The molecule has 1 aromatic rings. The van der Waals surface area contributed by atoms with Crippen molar-refractivity contribution in [1.82, 2.24) is 4.98 Å². The monoisotopic (exact) mass is 229 g/mol. The van der Waals surface area contributed by atoms with Gasteiger partial charge >= 0.3 is 0 Å². The van der Waals surface area contributed by atoms with Gasteiger partial charge in [-0.1, -0.05) is 22.0 Å². The normalized spacial score (nSPS) is 12.7. The van der Waals surface area contributed by atoms with Gasteiger partial charge in [-0.25, -0.2) is 4.98 Å². The third-order valence-corrected chi connectivity index (χ3v) is 2.23. The van der Waals surface area contributed by atoms with E-state index < -0.39 is 0 Å². The molecule has 0 fully saturated rings. The first-order valence-corrected chi connectivity index (χ1v) is 4.72. The zero-order valence-corrected chi connectivity index (χ0v) is 9.05. The van der Waals surface area contributed by atoms with E-state index in [1.54, 1.807) is 7.11 Å². The molecule has 0 aliphatic heterocycles. The van der Waals surface area contributed by atoms with E-state index in [0.717, 1.165) is 5.69 Å². The van der Waals surface area contributed by atoms with E-state index in [2.05, 4.69) is 27.8 Å². The minimum Gasteiger partial charge on any atom is -0.481 e. The smallest absolute Gasteiger partial charge is 0.213 e. The molecule has 0 N–H and O–H groups in total. The number of hydrogen-bond donors (Lipinski definition) is 0. The van der Waals surface area contributed by atoms with Crippen LogP contribution in [-0.2, 0) is 0 Å². The Kier molecular flexibility index (Phi) is 3.09. The highest BCUT2D eigenvalue weighted by atomic mass is 79.9. The van der Waals surface area contributed by atoms with E-state index in [9.17, 15) is 0 Å². The average Bonchev–Trinajstić information content (AvgIpc) is 2.03. The summed E-state index contributed by atoms with van der Waals surface area (Å²) in [7, 11) is 1.62. The van der Waals surface area contributed by atoms with Crippen LogP contribution in [0.4, 0.5) is 0 Å². The Labute approximate surface area is 81.1 Å². The maximum absolute atomic E-state index is 5.00. The van der Waals surface area contributed by atoms with Gasteiger partial charge in [0.25, 0.3) is 0 Å². The fraction of sp³-hybridized carbons (Fsp3) is 0.444. The van der Waals surface area contributed by atoms with E-state index in [1.165, 1.54) is 5.56 Å². The molecule has 0 aliphatic rings. The van der Waals surface area contributed by atoms with Crippen molar-refractivity contribution in [3.05, 3.63) is 23.4 Å². The van der Waals surface area contributed by atoms with Crippen LogP contribution < -0.4 is 4.74 Å². The number of aryl methyl sites for hydroxylation is 1. The van der Waals surface area contributed by atoms with Gasteiger partial charge in [-0.15, -0.1) is 0 Å². The summed E-state index contributed by atoms with van der Waals surface area (Å²) in [5.41, 5.74) is 2.22. The predicted molar refractivity (Wildman–Crippen MR) is 52.9 cm³/mol. The number of halogens is 1. The van der Waals surface area contributed by atoms with Gasteiger partial charge in [0, 0.05) is 16.6 Å². The van der Waals surface area contributed by atoms with Crippen molar-refractivity contribution >= 4 is 15.9 Å². The standard InChI is InChI=1S/C9H12BrNO/c1-6(10)8-4-5-9(12-3)11-7(8)2/h4-6H,1-3H3. The Morgan fingerprint density at radius 2 is 2.17 bits per heavy atom. The van der Waals surface area contributed by atoms with Gasteiger partial charge in [0.15, 0.2) is 0 Å². The average molecular weight is 230 g/mol. The summed E-state index contributed by atoms with van der Waals surface area (Å²) >= 11 is 3.50. The van der Waals surface area contributed by atoms with Gasteiger partial charge in [0.1, 0.15) is 0 Å². The van der Waals surface area contributed by atoms with Gasteiger partial charge in [0.05, 0.1) is 7.11 Å². The molecule has 0 aliphatic carbocycles. The Morgan fingerprint density at radius 3 is 2.58 bits per heavy atom. The largest absolute Gasteiger partial charge is 0.481 e. The summed E-state index contributed by atoms with van der Waals surface area (Å²) in [6, 6.07) is 3.90. The first-order valence-electron chi connectivity index (χ1n) is 3.80. The van der Waals surface area contributed by atoms with Crippen LogP contribution in [0.5, 0.6) is 5.88 Å². The topological polar surface area (TPSA) is 22.1 Å². The summed E-state index contributed by atoms with van der Waals surface area (Å²) in [4.78, 5) is 4.60. The lowest BCUT2D eigenvalue weighted by Crippen LogP contribution is -1.95. The number of ether oxygens (including phenoxy) is 1. The molecule has 1 heterocycles. The molecule has 2 nitrogen and oxygen atoms in total. The third kappa shape index (κ3) is 1.97. The van der Waals surface area contributed by atoms with E-state index in [4.69, 9.17) is 4.74 Å². The quantitative estimate of drug-likeness (QED) is 0.729. The molecule has 0 saturated heterocycles. The van der Waals surface area contributed by atoms with Crippen molar-refractivity contribution in [2.75, 3.05) is 7.11 Å². The molecule has 1 unspecified atom stereocenters. The number of pyridine rings is 1. The molecule has 0 saturated carbocycles. The zero-order valence-electron chi connectivity index (χ0n) is 7.47. The van der Waals surface area contributed by atoms with Gasteiger partial charge in [0.2, 0.25) is 5.88 Å². The van der Waals surface area contributed by atoms with Gasteiger partial charge in [-0.05, 0) is 19.4 Å². The van der Waals surface area contributed by atoms with Crippen molar-refractivity contribution < 1.29 is 4.74 Å². The maximum atomic E-state index is 5.00. The van der Waals surface area contributed by atoms with Gasteiger partial charge < -0.3 is 4.74 Å². The lowest BCUT2D eigenvalue weighted by molar-refractivity contribution is 0.396. The second kappa shape index (κ2) is 3.90. The van der Waals surface area contributed by atoms with Crippen LogP contribution in [0, 0.1) is 6.92 Å². The summed E-state index contributed by atoms with van der Waals surface area (Å²) in [5, 5.41) is 0. The van der Waals surface area contributed by atoms with Crippen LogP contribution in [0.2, 0.25) is 0 Å². The second-order valence-electron chi connectivity index (χ2n) is 2.64. The number of alkyl halides is 1. The van der Waals surface area contributed by atoms with E-state index in [1.807, 2.05) is 19.1 Å². The van der Waals surface area contributed by atoms with Crippen LogP contribution in [0.25, 0.3) is 0 Å². The number of methoxy groups -OCH3 is 1. The molecule has 1 atom stereocenters. The van der Waals surface area contributed by atoms with Gasteiger partial charge in [-0.2, -0.15) is 0 Å². The van der Waals surface area contributed by atoms with Crippen LogP contribution in [0.15, 0.2) is 12.1 Å². The first-order chi connectivity index (χ1) is 5.65. The molecule has 3 heteroatoms. The van der Waals surface area contributed by atoms with Crippen LogP contribution in [0.1, 0.15) is 23.0 Å². The summed E-state index contributed by atoms with van der Waals surface area (Å²) in [6.07, 6.45) is 0. The highest BCUT2D eigenvalue weighted by Gasteiger charge is 2.06. The van der Waals surface area contributed by atoms with Crippen LogP contribution in [0.3, 0.4) is 0 Å². The summed E-state index contributed by atoms with van der Waals surface area (Å²) in [6.45, 7) is 4.06. The number of nitrogens with zero attached hydrogens (tertiary/aromatic N) is 1. The van der Waals surface area contributed by atoms with E-state index in [0.29, 0.717) is 10.7 Å². The SMILES string of the molecule is COc1ccc(C(C)Br)c(C)n1. The van der Waals surface area contributed by atoms with Crippen molar-refractivity contribution in [2.45, 2.75) is 18.7 Å². The number of rotatable bonds is 2. The molecular weight excluding hydrogens is 218 g/mol. The molecular formula is C9H12BrNO. The fourth-order valence-corrected chi connectivity index (χ4v) is 1.57. The minimum atomic E-state index is 0.343. The lowest BCUT2D eigenvalue weighted by atomic mass is 10.1. The summed E-state index contributed by atoms with van der Waals surface area (Å²) < 4.78 is 5.00. The maximum Gasteiger partial charge on any atom is 0.213 e. The van der Waals surface area contributed by atoms with Crippen molar-refractivity contribution in [3.63, 3.8) is 0 Å². The summed E-state index contributed by atoms with van der Waals surface area (Å²) in [5.74, 6) is 0.671. The van der Waals surface area contributed by atoms with E-state index >= 15 is 0 Å². The Balaban J connectivity index is 3.03. The predicted octanol–water partition coefficient (Wildman–Crippen LogP) is 2.85. The first kappa shape index (κ1) is 9.52. The molecule has 0 radical (unpaired) electrons. The zero-order chi connectivity index (χ0) is 9.14. The number of hydrogen-bond acceptors (Lipinski definition) is 2. The molecule has 1 rings (SSSR count). The molecule has 0 spiro atoms. The molecule has 0 amide bonds. The van der Waals surface area contributed by atoms with Crippen LogP contribution in [-0.4, -0.2) is 12.1 Å². The van der Waals surface area contributed by atoms with Crippen LogP contribution >= 0.6 is 15.9 Å². The van der Waals surface area contributed by atoms with Gasteiger partial charge in [-0.3, -0.25) is 0 Å². The molecule has 1 aromatic heterocycles. The van der Waals surface area contributed by atoms with E-state index in [-0.39, 0.29) is 0 Å². The van der Waals surface area contributed by atoms with Crippen molar-refractivity contribution in [1.29, 1.82) is 0 Å². The minimum absolute atomic E-state index is 0.343. The molecule has 0 bridgehead atoms. The Hall–Kier alpha value is -0.570. The molecule has 12 heavy (non-hydrogen) atoms. The molecule has 0 aromatic carbocycles. The highest BCUT2D eigenvalue weighted by Crippen LogP contribution is 2.25. The third-order valence-electron chi connectivity index (χ3n) is 1.74. The fourth-order valence-electron chi connectivity index (χ4n) is 1.08.